The van der Waals surface area contributed by atoms with Gasteiger partial charge in [0.2, 0.25) is 0 Å². The van der Waals surface area contributed by atoms with Gasteiger partial charge in [0.15, 0.2) is 0 Å². The van der Waals surface area contributed by atoms with Crippen molar-refractivity contribution >= 4 is 41.2 Å². The fourth-order valence-corrected chi connectivity index (χ4v) is 3.94. The molecule has 33 heavy (non-hydrogen) atoms. The summed E-state index contributed by atoms with van der Waals surface area (Å²) >= 11 is 6.28. The molecule has 1 saturated heterocycles. The fraction of sp³-hybridized carbons (Fsp3) is 0.192. The lowest BCUT2D eigenvalue weighted by atomic mass is 9.98. The van der Waals surface area contributed by atoms with Gasteiger partial charge in [-0.25, -0.2) is 9.69 Å². The number of carbonyl (C=O) groups excluding carboxylic acids is 3. The largest absolute Gasteiger partial charge is 0.343 e. The van der Waals surface area contributed by atoms with Crippen molar-refractivity contribution in [3.8, 4) is 0 Å². The second kappa shape index (κ2) is 9.46. The smallest absolute Gasteiger partial charge is 0.335 e. The summed E-state index contributed by atoms with van der Waals surface area (Å²) in [6.07, 6.45) is 4.33. The minimum atomic E-state index is -0.759. The molecule has 0 bridgehead atoms. The Morgan fingerprint density at radius 1 is 1.00 bits per heavy atom. The van der Waals surface area contributed by atoms with Crippen molar-refractivity contribution < 1.29 is 14.4 Å². The van der Waals surface area contributed by atoms with Crippen molar-refractivity contribution in [2.24, 2.45) is 0 Å². The van der Waals surface area contributed by atoms with Gasteiger partial charge in [-0.1, -0.05) is 55.8 Å². The van der Waals surface area contributed by atoms with E-state index in [1.165, 1.54) is 6.08 Å². The quantitative estimate of drug-likeness (QED) is 0.396. The maximum atomic E-state index is 13.2. The number of anilines is 1. The van der Waals surface area contributed by atoms with Crippen LogP contribution >= 0.6 is 11.6 Å². The molecule has 1 fully saturated rings. The molecule has 4 rings (SSSR count). The molecule has 7 heteroatoms. The Bertz CT molecular complexity index is 1240. The van der Waals surface area contributed by atoms with Crippen molar-refractivity contribution in [3.63, 3.8) is 0 Å². The number of aromatic nitrogens is 1. The van der Waals surface area contributed by atoms with Crippen LogP contribution in [-0.2, 0) is 16.1 Å². The molecule has 6 nitrogen and oxygen atoms in total. The summed E-state index contributed by atoms with van der Waals surface area (Å²) in [5.41, 5.74) is 2.98. The number of urea groups is 1. The van der Waals surface area contributed by atoms with Crippen molar-refractivity contribution in [2.75, 3.05) is 4.90 Å². The summed E-state index contributed by atoms with van der Waals surface area (Å²) in [6, 6.07) is 17.6. The molecule has 1 N–H and O–H groups in total. The van der Waals surface area contributed by atoms with Crippen LogP contribution < -0.4 is 10.2 Å². The Morgan fingerprint density at radius 3 is 2.42 bits per heavy atom. The van der Waals surface area contributed by atoms with Gasteiger partial charge in [0, 0.05) is 23.5 Å². The molecule has 4 amide bonds. The number of benzene rings is 2. The maximum Gasteiger partial charge on any atom is 0.335 e. The summed E-state index contributed by atoms with van der Waals surface area (Å²) in [5, 5.41) is 2.91. The Kier molecular flexibility index (Phi) is 6.47. The summed E-state index contributed by atoms with van der Waals surface area (Å²) in [5.74, 6) is -1.01. The van der Waals surface area contributed by atoms with Crippen molar-refractivity contribution in [1.82, 2.24) is 9.88 Å². The summed E-state index contributed by atoms with van der Waals surface area (Å²) in [6.45, 7) is 4.69. The van der Waals surface area contributed by atoms with E-state index in [2.05, 4.69) is 19.2 Å². The second-order valence-electron chi connectivity index (χ2n) is 8.01. The van der Waals surface area contributed by atoms with E-state index in [0.29, 0.717) is 28.9 Å². The number of imide groups is 2. The third-order valence-electron chi connectivity index (χ3n) is 5.89. The third kappa shape index (κ3) is 4.61. The normalized spacial score (nSPS) is 16.3. The van der Waals surface area contributed by atoms with E-state index in [1.807, 2.05) is 53.2 Å². The molecule has 0 unspecified atom stereocenters. The number of barbiturate groups is 1. The molecule has 2 aromatic carbocycles. The van der Waals surface area contributed by atoms with Crippen LogP contribution in [0.5, 0.6) is 0 Å². The predicted octanol–water partition coefficient (Wildman–Crippen LogP) is 5.37. The number of halogens is 1. The van der Waals surface area contributed by atoms with Gasteiger partial charge in [-0.3, -0.25) is 14.9 Å². The number of rotatable bonds is 6. The summed E-state index contributed by atoms with van der Waals surface area (Å²) < 4.78 is 1.89. The van der Waals surface area contributed by atoms with E-state index in [4.69, 9.17) is 11.6 Å². The van der Waals surface area contributed by atoms with Crippen LogP contribution in [0.25, 0.3) is 6.08 Å². The van der Waals surface area contributed by atoms with Crippen LogP contribution in [-0.4, -0.2) is 22.4 Å². The molecular formula is C26H24ClN3O3. The lowest BCUT2D eigenvalue weighted by Crippen LogP contribution is -2.54. The number of nitrogens with zero attached hydrogens (tertiary/aromatic N) is 2. The topological polar surface area (TPSA) is 71.4 Å². The third-order valence-corrected chi connectivity index (χ3v) is 6.26. The molecule has 3 aromatic rings. The van der Waals surface area contributed by atoms with E-state index in [-0.39, 0.29) is 5.57 Å². The van der Waals surface area contributed by atoms with Crippen LogP contribution in [0.1, 0.15) is 43.0 Å². The van der Waals surface area contributed by atoms with Gasteiger partial charge in [0.25, 0.3) is 11.8 Å². The van der Waals surface area contributed by atoms with E-state index in [0.717, 1.165) is 22.4 Å². The summed E-state index contributed by atoms with van der Waals surface area (Å²) in [7, 11) is 0. The van der Waals surface area contributed by atoms with Gasteiger partial charge in [0.05, 0.1) is 5.69 Å². The highest BCUT2D eigenvalue weighted by molar-refractivity contribution is 6.39. The zero-order chi connectivity index (χ0) is 23.5. The lowest BCUT2D eigenvalue weighted by molar-refractivity contribution is -0.122. The predicted molar refractivity (Wildman–Crippen MR) is 129 cm³/mol. The highest BCUT2D eigenvalue weighted by atomic mass is 35.5. The van der Waals surface area contributed by atoms with Gasteiger partial charge in [-0.2, -0.15) is 0 Å². The van der Waals surface area contributed by atoms with Crippen LogP contribution in [0.4, 0.5) is 10.5 Å². The highest BCUT2D eigenvalue weighted by Crippen LogP contribution is 2.26. The molecule has 1 aliphatic rings. The molecular weight excluding hydrogens is 438 g/mol. The monoisotopic (exact) mass is 461 g/mol. The number of hydrogen-bond donors (Lipinski definition) is 1. The number of carbonyl (C=O) groups is 3. The zero-order valence-corrected chi connectivity index (χ0v) is 19.2. The minimum Gasteiger partial charge on any atom is -0.343 e. The highest BCUT2D eigenvalue weighted by Gasteiger charge is 2.37. The number of amides is 4. The molecule has 2 heterocycles. The van der Waals surface area contributed by atoms with Crippen LogP contribution in [0.2, 0.25) is 5.02 Å². The average Bonchev–Trinajstić information content (AvgIpc) is 3.24. The minimum absolute atomic E-state index is 0.111. The number of nitrogens with one attached hydrogen (secondary N) is 1. The molecule has 0 aliphatic carbocycles. The van der Waals surface area contributed by atoms with Gasteiger partial charge < -0.3 is 4.57 Å². The molecule has 0 radical (unpaired) electrons. The molecule has 1 atom stereocenters. The van der Waals surface area contributed by atoms with E-state index in [9.17, 15) is 14.4 Å². The molecule has 1 aliphatic heterocycles. The Hall–Kier alpha value is -3.64. The Balaban J connectivity index is 1.64. The van der Waals surface area contributed by atoms with Crippen molar-refractivity contribution in [3.05, 3.63) is 94.3 Å². The van der Waals surface area contributed by atoms with Gasteiger partial charge in [-0.15, -0.1) is 0 Å². The van der Waals surface area contributed by atoms with E-state index < -0.39 is 17.8 Å². The van der Waals surface area contributed by atoms with Gasteiger partial charge in [-0.05, 0) is 59.9 Å². The van der Waals surface area contributed by atoms with Gasteiger partial charge >= 0.3 is 6.03 Å². The average molecular weight is 462 g/mol. The standard InChI is InChI=1S/C26H24ClN3O3/c1-3-17(2)18-10-12-20(13-11-18)30-25(32)22(24(31)28-26(30)33)15-21-8-6-14-29(21)16-19-7-4-5-9-23(19)27/h4-15,17H,3,16H2,1-2H3,(H,28,31,33)/b22-15-/t17-/m0/s1. The van der Waals surface area contributed by atoms with E-state index in [1.54, 1.807) is 18.2 Å². The Labute approximate surface area is 197 Å². The SMILES string of the molecule is CC[C@H](C)c1ccc(N2C(=O)NC(=O)/C(=C/c3cccn3Cc3ccccc3Cl)C2=O)cc1. The molecule has 1 aromatic heterocycles. The number of hydrogen-bond acceptors (Lipinski definition) is 3. The summed E-state index contributed by atoms with van der Waals surface area (Å²) in [4.78, 5) is 39.3. The maximum absolute atomic E-state index is 13.2. The van der Waals surface area contributed by atoms with Crippen LogP contribution in [0.15, 0.2) is 72.4 Å². The fourth-order valence-electron chi connectivity index (χ4n) is 3.74. The second-order valence-corrected chi connectivity index (χ2v) is 8.42. The van der Waals surface area contributed by atoms with Crippen molar-refractivity contribution in [2.45, 2.75) is 32.7 Å². The first-order valence-electron chi connectivity index (χ1n) is 10.8. The first-order chi connectivity index (χ1) is 15.9. The van der Waals surface area contributed by atoms with E-state index >= 15 is 0 Å². The molecule has 0 spiro atoms. The zero-order valence-electron chi connectivity index (χ0n) is 18.4. The van der Waals surface area contributed by atoms with Gasteiger partial charge in [0.1, 0.15) is 5.57 Å². The Morgan fingerprint density at radius 2 is 1.73 bits per heavy atom. The van der Waals surface area contributed by atoms with Crippen LogP contribution in [0, 0.1) is 0 Å². The first-order valence-corrected chi connectivity index (χ1v) is 11.2. The molecule has 0 saturated carbocycles. The molecule has 168 valence electrons. The van der Waals surface area contributed by atoms with Crippen molar-refractivity contribution in [1.29, 1.82) is 0 Å². The first kappa shape index (κ1) is 22.6. The van der Waals surface area contributed by atoms with Crippen LogP contribution in [0.3, 0.4) is 0 Å². The lowest BCUT2D eigenvalue weighted by Gasteiger charge is -2.26.